The molecule has 0 bridgehead atoms. The summed E-state index contributed by atoms with van der Waals surface area (Å²) >= 11 is 6.92. The third-order valence-electron chi connectivity index (χ3n) is 6.70. The lowest BCUT2D eigenvalue weighted by Gasteiger charge is -2.34. The maximum Gasteiger partial charge on any atom is 0.223 e. The molecule has 0 unspecified atom stereocenters. The lowest BCUT2D eigenvalue weighted by Crippen LogP contribution is -2.35. The molecule has 2 aromatic rings. The second-order valence-corrected chi connectivity index (χ2v) is 10.6. The van der Waals surface area contributed by atoms with Crippen LogP contribution in [0.5, 0.6) is 0 Å². The number of benzene rings is 2. The normalized spacial score (nSPS) is 14.8. The molecule has 0 N–H and O–H groups in total. The number of amides is 2. The largest absolute Gasteiger partial charge is 0.334 e. The molecule has 0 atom stereocenters. The number of carbonyl (C=O) groups excluding carboxylic acids is 2. The van der Waals surface area contributed by atoms with Crippen molar-refractivity contribution in [2.75, 3.05) is 10.7 Å². The zero-order valence-corrected chi connectivity index (χ0v) is 21.8. The smallest absolute Gasteiger partial charge is 0.223 e. The van der Waals surface area contributed by atoms with E-state index in [9.17, 15) is 9.59 Å². The molecule has 0 saturated carbocycles. The van der Waals surface area contributed by atoms with Gasteiger partial charge < -0.3 is 9.80 Å². The van der Waals surface area contributed by atoms with Crippen LogP contribution in [0.3, 0.4) is 0 Å². The standard InChI is InChI=1S/C26H32Br2N2O2/c27-13-5-1-3-7-23(31)29-15-19-9-11-21-17-30(24(32)8-4-2-6-14-28)18-22-12-10-20(16-29)25(19)26(21)22/h9-12H,1-8,13-18H2. The van der Waals surface area contributed by atoms with Crippen molar-refractivity contribution < 1.29 is 9.59 Å². The van der Waals surface area contributed by atoms with E-state index in [0.717, 1.165) is 49.2 Å². The Morgan fingerprint density at radius 2 is 0.938 bits per heavy atom. The SMILES string of the molecule is O=C(CCCCCBr)N1Cc2ccc3c4c(ccc(c24)C1)CN(C(=O)CCCCCBr)C3. The van der Waals surface area contributed by atoms with Gasteiger partial charge in [0.05, 0.1) is 0 Å². The van der Waals surface area contributed by atoms with Gasteiger partial charge in [0.15, 0.2) is 0 Å². The fourth-order valence-corrected chi connectivity index (χ4v) is 5.81. The van der Waals surface area contributed by atoms with Crippen molar-refractivity contribution in [3.63, 3.8) is 0 Å². The van der Waals surface area contributed by atoms with Crippen LogP contribution in [0.4, 0.5) is 0 Å². The summed E-state index contributed by atoms with van der Waals surface area (Å²) in [6, 6.07) is 8.72. The van der Waals surface area contributed by atoms with Crippen molar-refractivity contribution in [3.8, 4) is 0 Å². The van der Waals surface area contributed by atoms with E-state index in [4.69, 9.17) is 0 Å². The number of unbranched alkanes of at least 4 members (excludes halogenated alkanes) is 4. The van der Waals surface area contributed by atoms with Gasteiger partial charge in [0.25, 0.3) is 0 Å². The molecule has 2 aliphatic heterocycles. The van der Waals surface area contributed by atoms with E-state index in [0.29, 0.717) is 39.0 Å². The first-order chi connectivity index (χ1) is 15.6. The average molecular weight is 564 g/mol. The Morgan fingerprint density at radius 3 is 1.25 bits per heavy atom. The third kappa shape index (κ3) is 5.22. The highest BCUT2D eigenvalue weighted by Crippen LogP contribution is 2.38. The topological polar surface area (TPSA) is 40.6 Å². The number of rotatable bonds is 10. The summed E-state index contributed by atoms with van der Waals surface area (Å²) < 4.78 is 0. The Kier molecular flexibility index (Phi) is 8.27. The Morgan fingerprint density at radius 1 is 0.594 bits per heavy atom. The quantitative estimate of drug-likeness (QED) is 0.247. The van der Waals surface area contributed by atoms with E-state index in [-0.39, 0.29) is 11.8 Å². The summed E-state index contributed by atoms with van der Waals surface area (Å²) in [5.74, 6) is 0.519. The minimum Gasteiger partial charge on any atom is -0.334 e. The molecular weight excluding hydrogens is 532 g/mol. The molecular formula is C26H32Br2N2O2. The van der Waals surface area contributed by atoms with Crippen molar-refractivity contribution in [1.82, 2.24) is 9.80 Å². The van der Waals surface area contributed by atoms with Gasteiger partial charge in [-0.15, -0.1) is 0 Å². The third-order valence-corrected chi connectivity index (χ3v) is 7.83. The van der Waals surface area contributed by atoms with Gasteiger partial charge in [-0.25, -0.2) is 0 Å². The van der Waals surface area contributed by atoms with Crippen molar-refractivity contribution in [2.24, 2.45) is 0 Å². The summed E-state index contributed by atoms with van der Waals surface area (Å²) in [4.78, 5) is 29.6. The molecule has 2 amide bonds. The van der Waals surface area contributed by atoms with Crippen LogP contribution in [0, 0.1) is 0 Å². The molecule has 6 heteroatoms. The van der Waals surface area contributed by atoms with Crippen LogP contribution in [0.25, 0.3) is 10.8 Å². The van der Waals surface area contributed by atoms with Crippen LogP contribution in [-0.4, -0.2) is 32.3 Å². The van der Waals surface area contributed by atoms with E-state index in [1.165, 1.54) is 33.0 Å². The van der Waals surface area contributed by atoms with E-state index in [1.54, 1.807) is 0 Å². The minimum absolute atomic E-state index is 0.260. The van der Waals surface area contributed by atoms with Gasteiger partial charge in [0.1, 0.15) is 0 Å². The van der Waals surface area contributed by atoms with Crippen LogP contribution < -0.4 is 0 Å². The van der Waals surface area contributed by atoms with Gasteiger partial charge in [-0.2, -0.15) is 0 Å². The predicted molar refractivity (Wildman–Crippen MR) is 137 cm³/mol. The Labute approximate surface area is 208 Å². The summed E-state index contributed by atoms with van der Waals surface area (Å²) in [7, 11) is 0. The predicted octanol–water partition coefficient (Wildman–Crippen LogP) is 6.43. The van der Waals surface area contributed by atoms with Crippen molar-refractivity contribution in [3.05, 3.63) is 46.5 Å². The molecule has 0 spiro atoms. The molecule has 4 nitrogen and oxygen atoms in total. The molecule has 0 radical (unpaired) electrons. The second-order valence-electron chi connectivity index (χ2n) is 9.02. The van der Waals surface area contributed by atoms with E-state index >= 15 is 0 Å². The number of hydrogen-bond donors (Lipinski definition) is 0. The van der Waals surface area contributed by atoms with E-state index in [2.05, 4.69) is 56.1 Å². The zero-order chi connectivity index (χ0) is 22.5. The van der Waals surface area contributed by atoms with Crippen molar-refractivity contribution in [2.45, 2.75) is 77.5 Å². The first-order valence-electron chi connectivity index (χ1n) is 11.8. The molecule has 2 aliphatic rings. The lowest BCUT2D eigenvalue weighted by molar-refractivity contribution is -0.133. The summed E-state index contributed by atoms with van der Waals surface area (Å²) in [5.41, 5.74) is 4.98. The van der Waals surface area contributed by atoms with Crippen LogP contribution in [0.15, 0.2) is 24.3 Å². The summed E-state index contributed by atoms with van der Waals surface area (Å²) in [5, 5.41) is 4.66. The molecule has 0 fully saturated rings. The van der Waals surface area contributed by atoms with Crippen molar-refractivity contribution in [1.29, 1.82) is 0 Å². The molecule has 172 valence electrons. The zero-order valence-electron chi connectivity index (χ0n) is 18.7. The van der Waals surface area contributed by atoms with Crippen LogP contribution >= 0.6 is 31.9 Å². The van der Waals surface area contributed by atoms with Gasteiger partial charge in [0, 0.05) is 49.7 Å². The number of hydrogen-bond acceptors (Lipinski definition) is 2. The number of halogens is 2. The summed E-state index contributed by atoms with van der Waals surface area (Å²) in [6.45, 7) is 2.78. The number of carbonyl (C=O) groups is 2. The van der Waals surface area contributed by atoms with Crippen LogP contribution in [-0.2, 0) is 35.8 Å². The van der Waals surface area contributed by atoms with Gasteiger partial charge in [-0.1, -0.05) is 69.0 Å². The molecule has 2 heterocycles. The molecule has 4 rings (SSSR count). The van der Waals surface area contributed by atoms with Gasteiger partial charge in [-0.05, 0) is 58.7 Å². The first kappa shape index (κ1) is 23.7. The number of alkyl halides is 2. The highest BCUT2D eigenvalue weighted by atomic mass is 79.9. The van der Waals surface area contributed by atoms with E-state index < -0.39 is 0 Å². The fourth-order valence-electron chi connectivity index (χ4n) is 5.02. The molecule has 32 heavy (non-hydrogen) atoms. The van der Waals surface area contributed by atoms with Crippen LogP contribution in [0.2, 0.25) is 0 Å². The maximum atomic E-state index is 12.8. The van der Waals surface area contributed by atoms with Gasteiger partial charge in [0.2, 0.25) is 11.8 Å². The molecule has 0 aromatic heterocycles. The molecule has 0 aliphatic carbocycles. The molecule has 0 saturated heterocycles. The van der Waals surface area contributed by atoms with Crippen molar-refractivity contribution >= 4 is 54.4 Å². The van der Waals surface area contributed by atoms with Crippen LogP contribution in [0.1, 0.15) is 73.6 Å². The average Bonchev–Trinajstić information content (AvgIpc) is 2.82. The second kappa shape index (κ2) is 11.1. The first-order valence-corrected chi connectivity index (χ1v) is 14.1. The maximum absolute atomic E-state index is 12.8. The Balaban J connectivity index is 1.47. The monoisotopic (exact) mass is 562 g/mol. The summed E-state index contributed by atoms with van der Waals surface area (Å²) in [6.07, 6.45) is 7.62. The minimum atomic E-state index is 0.260. The highest BCUT2D eigenvalue weighted by Gasteiger charge is 2.28. The van der Waals surface area contributed by atoms with E-state index in [1.807, 2.05) is 9.80 Å². The van der Waals surface area contributed by atoms with Gasteiger partial charge in [-0.3, -0.25) is 9.59 Å². The highest BCUT2D eigenvalue weighted by molar-refractivity contribution is 9.09. The Bertz CT molecular complexity index is 862. The lowest BCUT2D eigenvalue weighted by atomic mass is 9.87. The number of nitrogens with zero attached hydrogens (tertiary/aromatic N) is 2. The van der Waals surface area contributed by atoms with Gasteiger partial charge >= 0.3 is 0 Å². The Hall–Kier alpha value is -1.40. The fraction of sp³-hybridized carbons (Fsp3) is 0.538. The molecule has 2 aromatic carbocycles.